The first-order valence-corrected chi connectivity index (χ1v) is 8.38. The van der Waals surface area contributed by atoms with Gasteiger partial charge in [-0.25, -0.2) is 15.0 Å². The summed E-state index contributed by atoms with van der Waals surface area (Å²) in [4.78, 5) is 18.4. The molecule has 0 aliphatic carbocycles. The Labute approximate surface area is 128 Å². The number of thiazole rings is 1. The lowest BCUT2D eigenvalue weighted by Crippen LogP contribution is -2.37. The molecule has 0 saturated carbocycles. The van der Waals surface area contributed by atoms with Gasteiger partial charge in [-0.05, 0) is 25.8 Å². The lowest BCUT2D eigenvalue weighted by Gasteiger charge is -2.25. The summed E-state index contributed by atoms with van der Waals surface area (Å²) in [6.07, 6.45) is 6.07. The van der Waals surface area contributed by atoms with Crippen molar-refractivity contribution in [3.05, 3.63) is 34.5 Å². The van der Waals surface area contributed by atoms with Gasteiger partial charge in [-0.2, -0.15) is 0 Å². The summed E-state index contributed by atoms with van der Waals surface area (Å²) in [5.41, 5.74) is 1.22. The smallest absolute Gasteiger partial charge is 0.225 e. The van der Waals surface area contributed by atoms with Crippen LogP contribution in [0.5, 0.6) is 0 Å². The summed E-state index contributed by atoms with van der Waals surface area (Å²) in [5, 5.41) is 3.35. The predicted molar refractivity (Wildman–Crippen MR) is 83.4 cm³/mol. The van der Waals surface area contributed by atoms with Crippen molar-refractivity contribution in [1.29, 1.82) is 0 Å². The Balaban J connectivity index is 1.48. The molecule has 4 heterocycles. The summed E-state index contributed by atoms with van der Waals surface area (Å²) in [7, 11) is 0. The molecule has 110 valence electrons. The number of nitrogens with zero attached hydrogens (tertiary/aromatic N) is 5. The molecule has 5 nitrogen and oxygen atoms in total. The summed E-state index contributed by atoms with van der Waals surface area (Å²) < 4.78 is 0. The standard InChI is InChI=1S/C15H19N5S/c1-11-18-12(10-21-11)9-19-7-3-14-13(19)4-8-20(14)15-16-5-2-6-17-15/h2,5-6,10,13-14H,3-4,7-9H2,1H3/t13-,14+/m0/s1. The molecule has 2 aromatic heterocycles. The molecule has 0 amide bonds. The summed E-state index contributed by atoms with van der Waals surface area (Å²) in [5.74, 6) is 0.886. The van der Waals surface area contributed by atoms with E-state index in [1.54, 1.807) is 11.3 Å². The van der Waals surface area contributed by atoms with E-state index < -0.39 is 0 Å². The van der Waals surface area contributed by atoms with E-state index in [9.17, 15) is 0 Å². The van der Waals surface area contributed by atoms with Crippen LogP contribution in [0.1, 0.15) is 23.5 Å². The second-order valence-corrected chi connectivity index (χ2v) is 6.84. The van der Waals surface area contributed by atoms with Gasteiger partial charge in [0, 0.05) is 49.5 Å². The van der Waals surface area contributed by atoms with E-state index in [-0.39, 0.29) is 0 Å². The van der Waals surface area contributed by atoms with Crippen LogP contribution in [0.15, 0.2) is 23.8 Å². The minimum Gasteiger partial charge on any atom is -0.336 e. The van der Waals surface area contributed by atoms with Crippen molar-refractivity contribution in [3.63, 3.8) is 0 Å². The van der Waals surface area contributed by atoms with Gasteiger partial charge < -0.3 is 4.90 Å². The fourth-order valence-corrected chi connectivity index (χ4v) is 4.25. The molecule has 2 fully saturated rings. The van der Waals surface area contributed by atoms with E-state index in [1.165, 1.54) is 18.5 Å². The van der Waals surface area contributed by atoms with Gasteiger partial charge in [-0.3, -0.25) is 4.90 Å². The van der Waals surface area contributed by atoms with Crippen molar-refractivity contribution in [3.8, 4) is 0 Å². The third-order valence-electron chi connectivity index (χ3n) is 4.53. The van der Waals surface area contributed by atoms with E-state index in [1.807, 2.05) is 18.5 Å². The van der Waals surface area contributed by atoms with Crippen LogP contribution in [0, 0.1) is 6.92 Å². The molecule has 4 rings (SSSR count). The van der Waals surface area contributed by atoms with Crippen molar-refractivity contribution in [2.45, 2.75) is 38.4 Å². The Hall–Kier alpha value is -1.53. The first-order valence-electron chi connectivity index (χ1n) is 7.50. The Morgan fingerprint density at radius 3 is 2.76 bits per heavy atom. The van der Waals surface area contributed by atoms with Crippen LogP contribution in [0.3, 0.4) is 0 Å². The molecule has 6 heteroatoms. The van der Waals surface area contributed by atoms with Gasteiger partial charge in [0.15, 0.2) is 0 Å². The average molecular weight is 301 g/mol. The van der Waals surface area contributed by atoms with E-state index in [2.05, 4.69) is 37.1 Å². The third kappa shape index (κ3) is 2.42. The summed E-state index contributed by atoms with van der Waals surface area (Å²) >= 11 is 1.74. The lowest BCUT2D eigenvalue weighted by molar-refractivity contribution is 0.243. The molecule has 2 aromatic rings. The molecule has 0 unspecified atom stereocenters. The van der Waals surface area contributed by atoms with Crippen LogP contribution in [0.4, 0.5) is 5.95 Å². The predicted octanol–water partition coefficient (Wildman–Crippen LogP) is 2.09. The van der Waals surface area contributed by atoms with Crippen LogP contribution in [-0.4, -0.2) is 45.0 Å². The van der Waals surface area contributed by atoms with E-state index in [0.29, 0.717) is 12.1 Å². The largest absolute Gasteiger partial charge is 0.336 e. The highest BCUT2D eigenvalue weighted by Crippen LogP contribution is 2.34. The summed E-state index contributed by atoms with van der Waals surface area (Å²) in [6.45, 7) is 5.27. The fourth-order valence-electron chi connectivity index (χ4n) is 3.65. The van der Waals surface area contributed by atoms with Crippen LogP contribution >= 0.6 is 11.3 Å². The van der Waals surface area contributed by atoms with E-state index in [4.69, 9.17) is 0 Å². The summed E-state index contributed by atoms with van der Waals surface area (Å²) in [6, 6.07) is 3.06. The zero-order valence-electron chi connectivity index (χ0n) is 12.1. The first kappa shape index (κ1) is 13.2. The number of likely N-dealkylation sites (tertiary alicyclic amines) is 1. The van der Waals surface area contributed by atoms with Crippen molar-refractivity contribution < 1.29 is 0 Å². The number of rotatable bonds is 3. The Morgan fingerprint density at radius 1 is 1.19 bits per heavy atom. The highest BCUT2D eigenvalue weighted by atomic mass is 32.1. The Morgan fingerprint density at radius 2 is 2.00 bits per heavy atom. The molecule has 2 aliphatic rings. The van der Waals surface area contributed by atoms with E-state index in [0.717, 1.165) is 30.6 Å². The Kier molecular flexibility index (Phi) is 3.35. The number of aryl methyl sites for hydroxylation is 1. The quantitative estimate of drug-likeness (QED) is 0.868. The number of hydrogen-bond donors (Lipinski definition) is 0. The van der Waals surface area contributed by atoms with Crippen molar-refractivity contribution >= 4 is 17.3 Å². The second kappa shape index (κ2) is 5.35. The van der Waals surface area contributed by atoms with Gasteiger partial charge in [0.25, 0.3) is 0 Å². The van der Waals surface area contributed by atoms with Crippen LogP contribution in [0.25, 0.3) is 0 Å². The lowest BCUT2D eigenvalue weighted by atomic mass is 10.1. The van der Waals surface area contributed by atoms with Crippen LogP contribution in [-0.2, 0) is 6.54 Å². The van der Waals surface area contributed by atoms with Crippen LogP contribution in [0.2, 0.25) is 0 Å². The molecule has 0 radical (unpaired) electrons. The van der Waals surface area contributed by atoms with Crippen molar-refractivity contribution in [2.75, 3.05) is 18.0 Å². The maximum atomic E-state index is 4.60. The maximum absolute atomic E-state index is 4.60. The number of anilines is 1. The molecule has 0 N–H and O–H groups in total. The second-order valence-electron chi connectivity index (χ2n) is 5.78. The molecular weight excluding hydrogens is 282 g/mol. The molecule has 2 aliphatic heterocycles. The highest BCUT2D eigenvalue weighted by Gasteiger charge is 2.43. The Bertz CT molecular complexity index is 614. The van der Waals surface area contributed by atoms with Gasteiger partial charge >= 0.3 is 0 Å². The topological polar surface area (TPSA) is 45.2 Å². The maximum Gasteiger partial charge on any atom is 0.225 e. The molecule has 0 bridgehead atoms. The van der Waals surface area contributed by atoms with Gasteiger partial charge in [0.2, 0.25) is 5.95 Å². The van der Waals surface area contributed by atoms with Gasteiger partial charge in [-0.15, -0.1) is 11.3 Å². The number of hydrogen-bond acceptors (Lipinski definition) is 6. The average Bonchev–Trinajstić information content (AvgIpc) is 3.18. The minimum atomic E-state index is 0.562. The van der Waals surface area contributed by atoms with Crippen LogP contribution < -0.4 is 4.90 Å². The van der Waals surface area contributed by atoms with Gasteiger partial charge in [-0.1, -0.05) is 0 Å². The minimum absolute atomic E-state index is 0.562. The zero-order chi connectivity index (χ0) is 14.2. The van der Waals surface area contributed by atoms with Gasteiger partial charge in [0.05, 0.1) is 10.7 Å². The van der Waals surface area contributed by atoms with Crippen molar-refractivity contribution in [1.82, 2.24) is 19.9 Å². The van der Waals surface area contributed by atoms with Crippen molar-refractivity contribution in [2.24, 2.45) is 0 Å². The molecule has 21 heavy (non-hydrogen) atoms. The molecule has 0 aromatic carbocycles. The monoisotopic (exact) mass is 301 g/mol. The third-order valence-corrected chi connectivity index (χ3v) is 5.35. The van der Waals surface area contributed by atoms with Gasteiger partial charge in [0.1, 0.15) is 0 Å². The molecule has 0 spiro atoms. The number of aromatic nitrogens is 3. The van der Waals surface area contributed by atoms with E-state index >= 15 is 0 Å². The molecular formula is C15H19N5S. The SMILES string of the molecule is Cc1nc(CN2CC[C@@H]3[C@@H]2CCN3c2ncccn2)cs1. The molecule has 2 saturated heterocycles. The highest BCUT2D eigenvalue weighted by molar-refractivity contribution is 7.09. The normalized spacial score (nSPS) is 25.5. The fraction of sp³-hybridized carbons (Fsp3) is 0.533. The number of fused-ring (bicyclic) bond motifs is 1. The first-order chi connectivity index (χ1) is 10.3. The zero-order valence-corrected chi connectivity index (χ0v) is 13.0. The molecule has 2 atom stereocenters.